The van der Waals surface area contributed by atoms with Gasteiger partial charge in [0.15, 0.2) is 0 Å². The molecule has 0 aliphatic heterocycles. The SMILES string of the molecule is Cc1ccc(C(=O)Nc2nnc(S(=O)(=O)NC3CC4CCC3C4)s2)cc1. The number of hydrogen-bond donors (Lipinski definition) is 2. The molecule has 1 aromatic carbocycles. The Kier molecular flexibility index (Phi) is 4.54. The Morgan fingerprint density at radius 2 is 1.92 bits per heavy atom. The minimum atomic E-state index is -3.71. The van der Waals surface area contributed by atoms with Gasteiger partial charge in [-0.25, -0.2) is 13.1 Å². The largest absolute Gasteiger partial charge is 0.296 e. The van der Waals surface area contributed by atoms with E-state index in [2.05, 4.69) is 20.2 Å². The Morgan fingerprint density at radius 3 is 2.58 bits per heavy atom. The van der Waals surface area contributed by atoms with Gasteiger partial charge in [0.2, 0.25) is 9.47 Å². The summed E-state index contributed by atoms with van der Waals surface area (Å²) in [5.74, 6) is 0.737. The summed E-state index contributed by atoms with van der Waals surface area (Å²) in [7, 11) is -3.71. The number of sulfonamides is 1. The fraction of sp³-hybridized carbons (Fsp3) is 0.471. The zero-order chi connectivity index (χ0) is 18.3. The molecule has 0 radical (unpaired) electrons. The predicted octanol–water partition coefficient (Wildman–Crippen LogP) is 2.57. The number of carbonyl (C=O) groups is 1. The van der Waals surface area contributed by atoms with Crippen molar-refractivity contribution >= 4 is 32.4 Å². The van der Waals surface area contributed by atoms with Crippen LogP contribution in [0.5, 0.6) is 0 Å². The van der Waals surface area contributed by atoms with E-state index in [0.29, 0.717) is 17.4 Å². The first kappa shape index (κ1) is 17.6. The number of fused-ring (bicyclic) bond motifs is 2. The van der Waals surface area contributed by atoms with Gasteiger partial charge in [0.25, 0.3) is 15.9 Å². The van der Waals surface area contributed by atoms with Crippen LogP contribution in [-0.2, 0) is 10.0 Å². The van der Waals surface area contributed by atoms with Crippen molar-refractivity contribution < 1.29 is 13.2 Å². The highest BCUT2D eigenvalue weighted by molar-refractivity contribution is 7.91. The lowest BCUT2D eigenvalue weighted by Crippen LogP contribution is -2.38. The van der Waals surface area contributed by atoms with Crippen molar-refractivity contribution in [1.29, 1.82) is 0 Å². The van der Waals surface area contributed by atoms with Crippen molar-refractivity contribution in [2.45, 2.75) is 43.0 Å². The van der Waals surface area contributed by atoms with Crippen LogP contribution in [0.25, 0.3) is 0 Å². The molecule has 9 heteroatoms. The third-order valence-corrected chi connectivity index (χ3v) is 7.91. The number of anilines is 1. The van der Waals surface area contributed by atoms with Gasteiger partial charge in [-0.3, -0.25) is 10.1 Å². The Hall–Kier alpha value is -1.84. The maximum atomic E-state index is 12.6. The molecule has 3 atom stereocenters. The van der Waals surface area contributed by atoms with Crippen molar-refractivity contribution in [1.82, 2.24) is 14.9 Å². The number of aryl methyl sites for hydroxylation is 1. The highest BCUT2D eigenvalue weighted by Gasteiger charge is 2.41. The molecule has 26 heavy (non-hydrogen) atoms. The lowest BCUT2D eigenvalue weighted by atomic mass is 9.96. The molecule has 3 unspecified atom stereocenters. The molecule has 138 valence electrons. The fourth-order valence-corrected chi connectivity index (χ4v) is 6.11. The summed E-state index contributed by atoms with van der Waals surface area (Å²) in [6.07, 6.45) is 4.31. The van der Waals surface area contributed by atoms with Crippen molar-refractivity contribution in [3.05, 3.63) is 35.4 Å². The summed E-state index contributed by atoms with van der Waals surface area (Å²) in [5.41, 5.74) is 1.54. The quantitative estimate of drug-likeness (QED) is 0.762. The Balaban J connectivity index is 1.43. The molecule has 4 rings (SSSR count). The number of rotatable bonds is 5. The first-order valence-electron chi connectivity index (χ1n) is 8.64. The summed E-state index contributed by atoms with van der Waals surface area (Å²) >= 11 is 0.865. The first-order chi connectivity index (χ1) is 12.4. The third kappa shape index (κ3) is 3.51. The topological polar surface area (TPSA) is 101 Å². The second kappa shape index (κ2) is 6.71. The number of hydrogen-bond acceptors (Lipinski definition) is 6. The van der Waals surface area contributed by atoms with Crippen molar-refractivity contribution in [2.24, 2.45) is 11.8 Å². The molecule has 2 saturated carbocycles. The van der Waals surface area contributed by atoms with Crippen LogP contribution < -0.4 is 10.0 Å². The van der Waals surface area contributed by atoms with Crippen LogP contribution in [0.3, 0.4) is 0 Å². The van der Waals surface area contributed by atoms with Crippen LogP contribution in [0, 0.1) is 18.8 Å². The van der Waals surface area contributed by atoms with Crippen LogP contribution in [-0.4, -0.2) is 30.6 Å². The van der Waals surface area contributed by atoms with E-state index < -0.39 is 10.0 Å². The van der Waals surface area contributed by atoms with E-state index in [0.717, 1.165) is 36.2 Å². The van der Waals surface area contributed by atoms with Gasteiger partial charge >= 0.3 is 0 Å². The van der Waals surface area contributed by atoms with Gasteiger partial charge in [0.05, 0.1) is 0 Å². The normalized spacial score (nSPS) is 24.7. The predicted molar refractivity (Wildman–Crippen MR) is 98.6 cm³/mol. The summed E-state index contributed by atoms with van der Waals surface area (Å²) < 4.78 is 27.8. The van der Waals surface area contributed by atoms with Crippen LogP contribution in [0.1, 0.15) is 41.6 Å². The van der Waals surface area contributed by atoms with Crippen molar-refractivity contribution in [3.63, 3.8) is 0 Å². The minimum Gasteiger partial charge on any atom is -0.296 e. The molecule has 0 spiro atoms. The molecule has 0 saturated heterocycles. The molecule has 2 aliphatic carbocycles. The smallest absolute Gasteiger partial charge is 0.270 e. The average Bonchev–Trinajstić information content (AvgIpc) is 3.32. The number of carbonyl (C=O) groups excluding carboxylic acids is 1. The summed E-state index contributed by atoms with van der Waals surface area (Å²) in [6, 6.07) is 7.09. The molecule has 2 N–H and O–H groups in total. The number of benzene rings is 1. The highest BCUT2D eigenvalue weighted by Crippen LogP contribution is 2.44. The van der Waals surface area contributed by atoms with Crippen LogP contribution in [0.4, 0.5) is 5.13 Å². The molecule has 2 fully saturated rings. The molecule has 1 aromatic heterocycles. The van der Waals surface area contributed by atoms with Gasteiger partial charge < -0.3 is 0 Å². The monoisotopic (exact) mass is 392 g/mol. The number of amides is 1. The van der Waals surface area contributed by atoms with E-state index >= 15 is 0 Å². The first-order valence-corrected chi connectivity index (χ1v) is 10.9. The second-order valence-corrected chi connectivity index (χ2v) is 9.96. The molecular weight excluding hydrogens is 372 g/mol. The molecule has 2 aromatic rings. The maximum Gasteiger partial charge on any atom is 0.270 e. The maximum absolute atomic E-state index is 12.6. The average molecular weight is 393 g/mol. The van der Waals surface area contributed by atoms with Crippen LogP contribution in [0.2, 0.25) is 0 Å². The lowest BCUT2D eigenvalue weighted by Gasteiger charge is -2.21. The molecular formula is C17H20N4O3S2. The summed E-state index contributed by atoms with van der Waals surface area (Å²) in [6.45, 7) is 1.94. The van der Waals surface area contributed by atoms with Crippen LogP contribution >= 0.6 is 11.3 Å². The molecule has 2 bridgehead atoms. The van der Waals surface area contributed by atoms with Crippen molar-refractivity contribution in [3.8, 4) is 0 Å². The van der Waals surface area contributed by atoms with Crippen molar-refractivity contribution in [2.75, 3.05) is 5.32 Å². The van der Waals surface area contributed by atoms with E-state index in [1.807, 2.05) is 19.1 Å². The standard InChI is InChI=1S/C17H20N4O3S2/c1-10-2-5-12(6-3-10)15(22)18-16-19-20-17(25-16)26(23,24)21-14-9-11-4-7-13(14)8-11/h2-3,5-6,11,13-14,21H,4,7-9H2,1H3,(H,18,19,22). The summed E-state index contributed by atoms with van der Waals surface area (Å²) in [5, 5.41) is 10.3. The molecule has 1 amide bonds. The Morgan fingerprint density at radius 1 is 1.15 bits per heavy atom. The van der Waals surface area contributed by atoms with E-state index in [9.17, 15) is 13.2 Å². The lowest BCUT2D eigenvalue weighted by molar-refractivity contribution is 0.102. The van der Waals surface area contributed by atoms with Gasteiger partial charge in [-0.2, -0.15) is 0 Å². The molecule has 2 aliphatic rings. The number of aromatic nitrogens is 2. The number of nitrogens with zero attached hydrogens (tertiary/aromatic N) is 2. The van der Waals surface area contributed by atoms with E-state index in [1.165, 1.54) is 6.42 Å². The Labute approximate surface area is 156 Å². The van der Waals surface area contributed by atoms with Crippen LogP contribution in [0.15, 0.2) is 28.6 Å². The summed E-state index contributed by atoms with van der Waals surface area (Å²) in [4.78, 5) is 12.2. The zero-order valence-corrected chi connectivity index (χ0v) is 15.9. The van der Waals surface area contributed by atoms with E-state index in [4.69, 9.17) is 0 Å². The van der Waals surface area contributed by atoms with Gasteiger partial charge in [-0.1, -0.05) is 35.5 Å². The van der Waals surface area contributed by atoms with Gasteiger partial charge in [-0.15, -0.1) is 10.2 Å². The van der Waals surface area contributed by atoms with Gasteiger partial charge in [0, 0.05) is 11.6 Å². The third-order valence-electron chi connectivity index (χ3n) is 5.22. The van der Waals surface area contributed by atoms with Gasteiger partial charge in [-0.05, 0) is 50.2 Å². The Bertz CT molecular complexity index is 924. The zero-order valence-electron chi connectivity index (χ0n) is 14.3. The minimum absolute atomic E-state index is 0.00625. The van der Waals surface area contributed by atoms with E-state index in [1.54, 1.807) is 12.1 Å². The highest BCUT2D eigenvalue weighted by atomic mass is 32.2. The fourth-order valence-electron chi connectivity index (χ4n) is 3.88. The molecule has 7 nitrogen and oxygen atoms in total. The van der Waals surface area contributed by atoms with Gasteiger partial charge in [0.1, 0.15) is 0 Å². The number of nitrogens with one attached hydrogen (secondary N) is 2. The van der Waals surface area contributed by atoms with E-state index in [-0.39, 0.29) is 21.4 Å². The second-order valence-electron chi connectivity index (χ2n) is 7.10. The molecule has 1 heterocycles.